The van der Waals surface area contributed by atoms with Gasteiger partial charge in [-0.15, -0.1) is 0 Å². The molecular formula is C27H20Cl2F3N3O4. The topological polar surface area (TPSA) is 93.5 Å². The Labute approximate surface area is 230 Å². The molecule has 0 radical (unpaired) electrons. The van der Waals surface area contributed by atoms with E-state index >= 15 is 0 Å². The van der Waals surface area contributed by atoms with Crippen LogP contribution in [0.1, 0.15) is 34.6 Å². The van der Waals surface area contributed by atoms with Gasteiger partial charge < -0.3 is 15.2 Å². The number of nitrogens with one attached hydrogen (secondary N) is 1. The number of benzene rings is 3. The van der Waals surface area contributed by atoms with E-state index in [9.17, 15) is 27.9 Å². The van der Waals surface area contributed by atoms with E-state index < -0.39 is 36.3 Å². The molecule has 0 bridgehead atoms. The van der Waals surface area contributed by atoms with Crippen molar-refractivity contribution in [3.05, 3.63) is 99.7 Å². The number of rotatable bonds is 8. The van der Waals surface area contributed by atoms with Crippen LogP contribution in [0, 0.1) is 0 Å². The fraction of sp³-hybridized carbons (Fsp3) is 0.148. The zero-order chi connectivity index (χ0) is 28.3. The number of carboxylic acids is 1. The van der Waals surface area contributed by atoms with Crippen molar-refractivity contribution in [1.82, 2.24) is 15.1 Å². The van der Waals surface area contributed by atoms with Crippen molar-refractivity contribution >= 4 is 35.1 Å². The summed E-state index contributed by atoms with van der Waals surface area (Å²) in [5.41, 5.74) is 0.474. The maximum absolute atomic E-state index is 13.4. The second-order valence-corrected chi connectivity index (χ2v) is 9.24. The molecule has 0 aliphatic carbocycles. The molecule has 0 unspecified atom stereocenters. The standard InChI is InChI=1S/C27H20Cl2F3N3O4/c1-15(16-6-10-18(11-7-16)27(30,31)32)33-26(38)23-25(39-14-22(36)37)24(17-8-12-19(28)13-9-17)35(34-23)21-5-3-2-4-20(21)29/h2-13,15H,14H2,1H3,(H,33,38)(H,36,37)/t15-/m1/s1. The number of carboxylic acid groups (broad SMARTS) is 1. The Hall–Kier alpha value is -4.02. The van der Waals surface area contributed by atoms with Gasteiger partial charge in [-0.25, -0.2) is 9.48 Å². The lowest BCUT2D eigenvalue weighted by Crippen LogP contribution is -2.28. The molecule has 0 saturated heterocycles. The number of carbonyl (C=O) groups excluding carboxylic acids is 1. The second kappa shape index (κ2) is 11.4. The average molecular weight is 578 g/mol. The first-order chi connectivity index (χ1) is 18.5. The number of alkyl halides is 3. The second-order valence-electron chi connectivity index (χ2n) is 8.39. The van der Waals surface area contributed by atoms with Crippen LogP contribution in [0.15, 0.2) is 72.8 Å². The number of ether oxygens (including phenoxy) is 1. The molecule has 0 aliphatic rings. The normalized spacial score (nSPS) is 12.2. The summed E-state index contributed by atoms with van der Waals surface area (Å²) in [7, 11) is 0. The molecule has 0 spiro atoms. The predicted octanol–water partition coefficient (Wildman–Crippen LogP) is 6.82. The number of hydrogen-bond acceptors (Lipinski definition) is 4. The average Bonchev–Trinajstić information content (AvgIpc) is 3.27. The zero-order valence-electron chi connectivity index (χ0n) is 20.2. The number of carbonyl (C=O) groups is 2. The van der Waals surface area contributed by atoms with Crippen molar-refractivity contribution < 1.29 is 32.6 Å². The molecule has 7 nitrogen and oxygen atoms in total. The highest BCUT2D eigenvalue weighted by molar-refractivity contribution is 6.32. The van der Waals surface area contributed by atoms with Gasteiger partial charge in [0, 0.05) is 10.6 Å². The van der Waals surface area contributed by atoms with E-state index in [4.69, 9.17) is 27.9 Å². The molecule has 39 heavy (non-hydrogen) atoms. The number of nitrogens with zero attached hydrogens (tertiary/aromatic N) is 2. The third-order valence-corrected chi connectivity index (χ3v) is 6.25. The Balaban J connectivity index is 1.79. The molecule has 3 aromatic carbocycles. The molecule has 4 rings (SSSR count). The smallest absolute Gasteiger partial charge is 0.416 e. The summed E-state index contributed by atoms with van der Waals surface area (Å²) < 4.78 is 45.8. The van der Waals surface area contributed by atoms with Gasteiger partial charge in [0.1, 0.15) is 5.69 Å². The lowest BCUT2D eigenvalue weighted by Gasteiger charge is -2.15. The lowest BCUT2D eigenvalue weighted by atomic mass is 10.1. The number of para-hydroxylation sites is 1. The number of aliphatic carboxylic acids is 1. The molecule has 12 heteroatoms. The van der Waals surface area contributed by atoms with E-state index in [0.29, 0.717) is 26.9 Å². The van der Waals surface area contributed by atoms with Gasteiger partial charge in [-0.3, -0.25) is 4.79 Å². The van der Waals surface area contributed by atoms with Crippen molar-refractivity contribution in [3.63, 3.8) is 0 Å². The molecule has 202 valence electrons. The summed E-state index contributed by atoms with van der Waals surface area (Å²) >= 11 is 12.5. The van der Waals surface area contributed by atoms with Crippen LogP contribution in [0.4, 0.5) is 13.2 Å². The highest BCUT2D eigenvalue weighted by atomic mass is 35.5. The summed E-state index contributed by atoms with van der Waals surface area (Å²) in [6.45, 7) is 0.812. The Morgan fingerprint density at radius 2 is 1.67 bits per heavy atom. The van der Waals surface area contributed by atoms with Gasteiger partial charge in [-0.2, -0.15) is 18.3 Å². The fourth-order valence-electron chi connectivity index (χ4n) is 3.79. The van der Waals surface area contributed by atoms with Gasteiger partial charge >= 0.3 is 12.1 Å². The minimum atomic E-state index is -4.50. The predicted molar refractivity (Wildman–Crippen MR) is 139 cm³/mol. The number of hydrogen-bond donors (Lipinski definition) is 2. The zero-order valence-corrected chi connectivity index (χ0v) is 21.7. The summed E-state index contributed by atoms with van der Waals surface area (Å²) in [6, 6.07) is 16.8. The Morgan fingerprint density at radius 3 is 2.26 bits per heavy atom. The first-order valence-electron chi connectivity index (χ1n) is 11.4. The molecular weight excluding hydrogens is 558 g/mol. The number of amides is 1. The van der Waals surface area contributed by atoms with Crippen LogP contribution in [0.25, 0.3) is 16.9 Å². The van der Waals surface area contributed by atoms with Gasteiger partial charge in [0.15, 0.2) is 18.1 Å². The van der Waals surface area contributed by atoms with Crippen LogP contribution < -0.4 is 10.1 Å². The molecule has 1 heterocycles. The number of aromatic nitrogens is 2. The minimum Gasteiger partial charge on any atom is -0.479 e. The summed E-state index contributed by atoms with van der Waals surface area (Å²) in [4.78, 5) is 24.8. The fourth-order valence-corrected chi connectivity index (χ4v) is 4.13. The van der Waals surface area contributed by atoms with Crippen molar-refractivity contribution in [1.29, 1.82) is 0 Å². The molecule has 0 aliphatic heterocycles. The van der Waals surface area contributed by atoms with E-state index in [1.807, 2.05) is 0 Å². The van der Waals surface area contributed by atoms with Crippen molar-refractivity contribution in [3.8, 4) is 22.7 Å². The first kappa shape index (κ1) is 28.0. The van der Waals surface area contributed by atoms with E-state index in [2.05, 4.69) is 10.4 Å². The molecule has 1 atom stereocenters. The van der Waals surface area contributed by atoms with E-state index in [1.54, 1.807) is 55.5 Å². The Morgan fingerprint density at radius 1 is 1.03 bits per heavy atom. The highest BCUT2D eigenvalue weighted by Gasteiger charge is 2.31. The lowest BCUT2D eigenvalue weighted by molar-refractivity contribution is -0.139. The van der Waals surface area contributed by atoms with Gasteiger partial charge in [0.25, 0.3) is 5.91 Å². The van der Waals surface area contributed by atoms with Crippen molar-refractivity contribution in [2.45, 2.75) is 19.1 Å². The molecule has 0 saturated carbocycles. The van der Waals surface area contributed by atoms with Crippen LogP contribution in [-0.4, -0.2) is 33.4 Å². The van der Waals surface area contributed by atoms with Gasteiger partial charge in [-0.05, 0) is 48.9 Å². The Bertz CT molecular complexity index is 1500. The third-order valence-electron chi connectivity index (χ3n) is 5.68. The maximum atomic E-state index is 13.4. The van der Waals surface area contributed by atoms with E-state index in [1.165, 1.54) is 16.8 Å². The largest absolute Gasteiger partial charge is 0.479 e. The van der Waals surface area contributed by atoms with E-state index in [-0.39, 0.29) is 17.1 Å². The minimum absolute atomic E-state index is 0.128. The highest BCUT2D eigenvalue weighted by Crippen LogP contribution is 2.38. The monoisotopic (exact) mass is 577 g/mol. The van der Waals surface area contributed by atoms with Crippen LogP contribution in [0.5, 0.6) is 5.75 Å². The molecule has 1 amide bonds. The van der Waals surface area contributed by atoms with Crippen LogP contribution >= 0.6 is 23.2 Å². The van der Waals surface area contributed by atoms with Gasteiger partial charge in [0.05, 0.1) is 22.3 Å². The Kier molecular flexibility index (Phi) is 8.17. The van der Waals surface area contributed by atoms with Crippen LogP contribution in [0.2, 0.25) is 10.0 Å². The third kappa shape index (κ3) is 6.35. The SMILES string of the molecule is C[C@@H](NC(=O)c1nn(-c2ccccc2Cl)c(-c2ccc(Cl)cc2)c1OCC(=O)O)c1ccc(C(F)(F)F)cc1. The molecule has 1 aromatic heterocycles. The van der Waals surface area contributed by atoms with Gasteiger partial charge in [-0.1, -0.05) is 59.6 Å². The maximum Gasteiger partial charge on any atom is 0.416 e. The summed E-state index contributed by atoms with van der Waals surface area (Å²) in [5, 5.41) is 17.1. The molecule has 4 aromatic rings. The molecule has 0 fully saturated rings. The summed E-state index contributed by atoms with van der Waals surface area (Å²) in [6.07, 6.45) is -4.50. The summed E-state index contributed by atoms with van der Waals surface area (Å²) in [5.74, 6) is -2.16. The van der Waals surface area contributed by atoms with Crippen LogP contribution in [-0.2, 0) is 11.0 Å². The number of halogens is 5. The first-order valence-corrected chi connectivity index (χ1v) is 12.2. The molecule has 2 N–H and O–H groups in total. The van der Waals surface area contributed by atoms with Crippen LogP contribution in [0.3, 0.4) is 0 Å². The van der Waals surface area contributed by atoms with Crippen molar-refractivity contribution in [2.24, 2.45) is 0 Å². The van der Waals surface area contributed by atoms with E-state index in [0.717, 1.165) is 12.1 Å². The van der Waals surface area contributed by atoms with Crippen molar-refractivity contribution in [2.75, 3.05) is 6.61 Å². The quantitative estimate of drug-likeness (QED) is 0.240. The van der Waals surface area contributed by atoms with Gasteiger partial charge in [0.2, 0.25) is 0 Å².